The summed E-state index contributed by atoms with van der Waals surface area (Å²) in [6.45, 7) is 1.06. The lowest BCUT2D eigenvalue weighted by Crippen LogP contribution is -2.48. The van der Waals surface area contributed by atoms with E-state index in [2.05, 4.69) is 5.32 Å². The van der Waals surface area contributed by atoms with Gasteiger partial charge in [0.25, 0.3) is 0 Å². The molecule has 0 aromatic heterocycles. The van der Waals surface area contributed by atoms with Crippen LogP contribution in [-0.2, 0) is 19.1 Å². The second-order valence-corrected chi connectivity index (χ2v) is 7.22. The van der Waals surface area contributed by atoms with Crippen LogP contribution in [0.4, 0.5) is 0 Å². The van der Waals surface area contributed by atoms with Gasteiger partial charge in [0.2, 0.25) is 17.7 Å². The number of hydrogen-bond donors (Lipinski definition) is 2. The number of ether oxygens (including phenoxy) is 1. The molecule has 2 aliphatic carbocycles. The summed E-state index contributed by atoms with van der Waals surface area (Å²) in [6.07, 6.45) is 4.44. The van der Waals surface area contributed by atoms with Gasteiger partial charge in [0.15, 0.2) is 0 Å². The first-order valence-corrected chi connectivity index (χ1v) is 9.15. The van der Waals surface area contributed by atoms with Gasteiger partial charge >= 0.3 is 0 Å². The van der Waals surface area contributed by atoms with Crippen molar-refractivity contribution in [2.45, 2.75) is 50.2 Å². The average Bonchev–Trinajstić information content (AvgIpc) is 3.50. The minimum Gasteiger partial charge on any atom is -0.375 e. The molecule has 2 unspecified atom stereocenters. The zero-order valence-corrected chi connectivity index (χ0v) is 14.8. The van der Waals surface area contributed by atoms with Gasteiger partial charge in [0, 0.05) is 38.7 Å². The van der Waals surface area contributed by atoms with Crippen LogP contribution in [0.15, 0.2) is 0 Å². The Balaban J connectivity index is 1.73. The van der Waals surface area contributed by atoms with Gasteiger partial charge in [-0.3, -0.25) is 14.4 Å². The fourth-order valence-electron chi connectivity index (χ4n) is 3.61. The lowest BCUT2D eigenvalue weighted by atomic mass is 10.1. The van der Waals surface area contributed by atoms with E-state index in [1.165, 1.54) is 7.11 Å². The Morgan fingerprint density at radius 2 is 1.92 bits per heavy atom. The number of methoxy groups -OCH3 is 1. The number of nitrogens with two attached hydrogens (primary N) is 1. The van der Waals surface area contributed by atoms with E-state index >= 15 is 0 Å². The highest BCUT2D eigenvalue weighted by atomic mass is 16.5. The molecule has 8 nitrogen and oxygen atoms in total. The van der Waals surface area contributed by atoms with Crippen LogP contribution in [-0.4, -0.2) is 79.0 Å². The number of amides is 3. The van der Waals surface area contributed by atoms with Gasteiger partial charge in [0.1, 0.15) is 12.6 Å². The average molecular weight is 352 g/mol. The van der Waals surface area contributed by atoms with Gasteiger partial charge in [-0.25, -0.2) is 0 Å². The lowest BCUT2D eigenvalue weighted by molar-refractivity contribution is -0.141. The second kappa shape index (κ2) is 7.70. The van der Waals surface area contributed by atoms with Crippen molar-refractivity contribution in [3.05, 3.63) is 0 Å². The maximum Gasteiger partial charge on any atom is 0.249 e. The standard InChI is InChI=1S/C17H28N4O4/c1-25-10-15(22)20-9-13(8-14(20)16(23)19-7-6-18)21(12-4-5-12)17(24)11-2-3-11/h11-14H,2-10,18H2,1H3,(H,19,23). The summed E-state index contributed by atoms with van der Waals surface area (Å²) in [7, 11) is 1.46. The summed E-state index contributed by atoms with van der Waals surface area (Å²) in [5, 5.41) is 2.77. The number of rotatable bonds is 8. The minimum atomic E-state index is -0.563. The summed E-state index contributed by atoms with van der Waals surface area (Å²) in [5.74, 6) is -0.0666. The Hall–Kier alpha value is -1.67. The van der Waals surface area contributed by atoms with Crippen molar-refractivity contribution < 1.29 is 19.1 Å². The normalized spacial score (nSPS) is 25.8. The second-order valence-electron chi connectivity index (χ2n) is 7.22. The van der Waals surface area contributed by atoms with Crippen LogP contribution in [0.2, 0.25) is 0 Å². The Kier molecular flexibility index (Phi) is 5.58. The number of carbonyl (C=O) groups excluding carboxylic acids is 3. The topological polar surface area (TPSA) is 105 Å². The predicted molar refractivity (Wildman–Crippen MR) is 90.4 cm³/mol. The zero-order chi connectivity index (χ0) is 18.0. The van der Waals surface area contributed by atoms with Crippen molar-refractivity contribution in [3.8, 4) is 0 Å². The Bertz CT molecular complexity index is 533. The maximum absolute atomic E-state index is 12.7. The highest BCUT2D eigenvalue weighted by molar-refractivity contribution is 5.89. The first-order valence-electron chi connectivity index (χ1n) is 9.15. The van der Waals surface area contributed by atoms with Crippen LogP contribution >= 0.6 is 0 Å². The van der Waals surface area contributed by atoms with Gasteiger partial charge in [-0.15, -0.1) is 0 Å². The zero-order valence-electron chi connectivity index (χ0n) is 14.8. The van der Waals surface area contributed by atoms with Gasteiger partial charge in [-0.1, -0.05) is 0 Å². The minimum absolute atomic E-state index is 0.0621. The van der Waals surface area contributed by atoms with Gasteiger partial charge in [0.05, 0.1) is 6.04 Å². The highest BCUT2D eigenvalue weighted by Gasteiger charge is 2.49. The smallest absolute Gasteiger partial charge is 0.249 e. The van der Waals surface area contributed by atoms with E-state index in [1.54, 1.807) is 4.90 Å². The van der Waals surface area contributed by atoms with Crippen molar-refractivity contribution >= 4 is 17.7 Å². The Labute approximate surface area is 148 Å². The molecule has 0 aromatic carbocycles. The number of nitrogens with zero attached hydrogens (tertiary/aromatic N) is 2. The summed E-state index contributed by atoms with van der Waals surface area (Å²) < 4.78 is 4.95. The third kappa shape index (κ3) is 4.12. The molecule has 3 amide bonds. The first-order chi connectivity index (χ1) is 12.1. The number of carbonyl (C=O) groups is 3. The summed E-state index contributed by atoms with van der Waals surface area (Å²) in [5.41, 5.74) is 5.45. The predicted octanol–water partition coefficient (Wildman–Crippen LogP) is -0.922. The largest absolute Gasteiger partial charge is 0.375 e. The molecule has 1 saturated heterocycles. The maximum atomic E-state index is 12.7. The lowest BCUT2D eigenvalue weighted by Gasteiger charge is -2.29. The number of hydrogen-bond acceptors (Lipinski definition) is 5. The third-order valence-corrected chi connectivity index (χ3v) is 5.13. The third-order valence-electron chi connectivity index (χ3n) is 5.13. The highest BCUT2D eigenvalue weighted by Crippen LogP contribution is 2.39. The fraction of sp³-hybridized carbons (Fsp3) is 0.824. The molecule has 3 aliphatic rings. The van der Waals surface area contributed by atoms with Crippen LogP contribution in [0.3, 0.4) is 0 Å². The number of nitrogens with one attached hydrogen (secondary N) is 1. The van der Waals surface area contributed by atoms with E-state index in [-0.39, 0.29) is 42.3 Å². The van der Waals surface area contributed by atoms with Crippen LogP contribution in [0, 0.1) is 5.92 Å². The van der Waals surface area contributed by atoms with Crippen molar-refractivity contribution in [1.82, 2.24) is 15.1 Å². The van der Waals surface area contributed by atoms with E-state index in [1.807, 2.05) is 4.90 Å². The molecule has 3 fully saturated rings. The molecule has 1 aliphatic heterocycles. The van der Waals surface area contributed by atoms with Crippen LogP contribution in [0.1, 0.15) is 32.1 Å². The molecule has 2 atom stereocenters. The molecule has 0 aromatic rings. The molecule has 2 saturated carbocycles. The molecule has 0 radical (unpaired) electrons. The van der Waals surface area contributed by atoms with E-state index in [0.717, 1.165) is 25.7 Å². The molecule has 0 bridgehead atoms. The van der Waals surface area contributed by atoms with Gasteiger partial charge < -0.3 is 25.6 Å². The SMILES string of the molecule is COCC(=O)N1CC(N(C(=O)C2CC2)C2CC2)CC1C(=O)NCCN. The molecule has 8 heteroatoms. The Morgan fingerprint density at radius 1 is 1.20 bits per heavy atom. The van der Waals surface area contributed by atoms with Crippen molar-refractivity contribution in [3.63, 3.8) is 0 Å². The molecule has 0 spiro atoms. The van der Waals surface area contributed by atoms with E-state index < -0.39 is 6.04 Å². The van der Waals surface area contributed by atoms with Gasteiger partial charge in [-0.05, 0) is 32.1 Å². The number of likely N-dealkylation sites (tertiary alicyclic amines) is 1. The summed E-state index contributed by atoms with van der Waals surface area (Å²) in [6, 6.07) is -0.370. The van der Waals surface area contributed by atoms with Gasteiger partial charge in [-0.2, -0.15) is 0 Å². The first kappa shape index (κ1) is 18.1. The van der Waals surface area contributed by atoms with Crippen molar-refractivity contribution in [2.24, 2.45) is 11.7 Å². The molecular formula is C17H28N4O4. The Morgan fingerprint density at radius 3 is 2.48 bits per heavy atom. The van der Waals surface area contributed by atoms with Crippen LogP contribution in [0.25, 0.3) is 0 Å². The van der Waals surface area contributed by atoms with Crippen molar-refractivity contribution in [2.75, 3.05) is 33.4 Å². The molecule has 1 heterocycles. The van der Waals surface area contributed by atoms with Crippen LogP contribution in [0.5, 0.6) is 0 Å². The van der Waals surface area contributed by atoms with Crippen LogP contribution < -0.4 is 11.1 Å². The quantitative estimate of drug-likeness (QED) is 0.588. The molecule has 140 valence electrons. The van der Waals surface area contributed by atoms with E-state index in [9.17, 15) is 14.4 Å². The molecule has 3 rings (SSSR count). The van der Waals surface area contributed by atoms with Crippen molar-refractivity contribution in [1.29, 1.82) is 0 Å². The molecule has 25 heavy (non-hydrogen) atoms. The molecule has 3 N–H and O–H groups in total. The monoisotopic (exact) mass is 352 g/mol. The summed E-state index contributed by atoms with van der Waals surface area (Å²) >= 11 is 0. The molecular weight excluding hydrogens is 324 g/mol. The summed E-state index contributed by atoms with van der Waals surface area (Å²) in [4.78, 5) is 41.1. The van der Waals surface area contributed by atoms with E-state index in [4.69, 9.17) is 10.5 Å². The van der Waals surface area contributed by atoms with E-state index in [0.29, 0.717) is 26.1 Å². The fourth-order valence-corrected chi connectivity index (χ4v) is 3.61.